The van der Waals surface area contributed by atoms with E-state index in [-0.39, 0.29) is 6.04 Å². The third kappa shape index (κ3) is 2.00. The van der Waals surface area contributed by atoms with Gasteiger partial charge < -0.3 is 5.73 Å². The van der Waals surface area contributed by atoms with Crippen molar-refractivity contribution in [2.75, 3.05) is 0 Å². The molecule has 1 aromatic carbocycles. The van der Waals surface area contributed by atoms with E-state index in [1.165, 1.54) is 14.3 Å². The molecule has 2 heterocycles. The molecule has 0 fully saturated rings. The van der Waals surface area contributed by atoms with E-state index in [1.807, 2.05) is 24.3 Å². The summed E-state index contributed by atoms with van der Waals surface area (Å²) in [5.41, 5.74) is 7.26. The highest BCUT2D eigenvalue weighted by molar-refractivity contribution is 7.27. The van der Waals surface area contributed by atoms with Crippen LogP contribution in [-0.4, -0.2) is 0 Å². The van der Waals surface area contributed by atoms with Crippen LogP contribution in [0.3, 0.4) is 0 Å². The normalized spacial score (nSPS) is 13.1. The van der Waals surface area contributed by atoms with Crippen molar-refractivity contribution in [3.8, 4) is 0 Å². The van der Waals surface area contributed by atoms with Crippen LogP contribution >= 0.6 is 34.3 Å². The molecule has 3 rings (SSSR count). The maximum Gasteiger partial charge on any atom is 0.0661 e. The number of nitrogens with two attached hydrogens (primary N) is 1. The van der Waals surface area contributed by atoms with Crippen molar-refractivity contribution in [2.24, 2.45) is 5.73 Å². The van der Waals surface area contributed by atoms with Gasteiger partial charge in [0.25, 0.3) is 0 Å². The molecule has 0 amide bonds. The third-order valence-corrected chi connectivity index (χ3v) is 5.23. The van der Waals surface area contributed by atoms with Gasteiger partial charge in [0, 0.05) is 19.3 Å². The summed E-state index contributed by atoms with van der Waals surface area (Å²) in [7, 11) is 0. The first-order chi connectivity index (χ1) is 8.25. The second-order valence-corrected chi connectivity index (χ2v) is 6.27. The number of benzene rings is 1. The van der Waals surface area contributed by atoms with Crippen molar-refractivity contribution in [3.63, 3.8) is 0 Å². The molecule has 0 saturated heterocycles. The lowest BCUT2D eigenvalue weighted by molar-refractivity contribution is 0.895. The first kappa shape index (κ1) is 11.2. The van der Waals surface area contributed by atoms with Crippen molar-refractivity contribution in [1.29, 1.82) is 0 Å². The van der Waals surface area contributed by atoms with E-state index in [9.17, 15) is 0 Å². The van der Waals surface area contributed by atoms with Crippen molar-refractivity contribution >= 4 is 43.7 Å². The Balaban J connectivity index is 2.04. The van der Waals surface area contributed by atoms with Gasteiger partial charge in [-0.3, -0.25) is 0 Å². The molecule has 0 bridgehead atoms. The minimum Gasteiger partial charge on any atom is -0.320 e. The lowest BCUT2D eigenvalue weighted by Crippen LogP contribution is -2.10. The van der Waals surface area contributed by atoms with Gasteiger partial charge in [0.2, 0.25) is 0 Å². The van der Waals surface area contributed by atoms with Gasteiger partial charge in [0.1, 0.15) is 0 Å². The number of rotatable bonds is 2. The monoisotopic (exact) mass is 279 g/mol. The summed E-state index contributed by atoms with van der Waals surface area (Å²) < 4.78 is 2.60. The summed E-state index contributed by atoms with van der Waals surface area (Å²) in [6.07, 6.45) is 0. The van der Waals surface area contributed by atoms with Gasteiger partial charge in [-0.05, 0) is 29.1 Å². The summed E-state index contributed by atoms with van der Waals surface area (Å²) in [5, 5.41) is 2.84. The molecule has 0 radical (unpaired) electrons. The Labute approximate surface area is 112 Å². The smallest absolute Gasteiger partial charge is 0.0661 e. The number of fused-ring (bicyclic) bond motifs is 1. The maximum atomic E-state index is 6.27. The SMILES string of the molecule is NC(c1cc2sccc2s1)c1ccccc1Cl. The topological polar surface area (TPSA) is 26.0 Å². The van der Waals surface area contributed by atoms with E-state index in [2.05, 4.69) is 17.5 Å². The van der Waals surface area contributed by atoms with Crippen molar-refractivity contribution in [1.82, 2.24) is 0 Å². The molecule has 2 N–H and O–H groups in total. The van der Waals surface area contributed by atoms with E-state index < -0.39 is 0 Å². The van der Waals surface area contributed by atoms with Crippen LogP contribution in [0.15, 0.2) is 41.8 Å². The van der Waals surface area contributed by atoms with Crippen LogP contribution in [0, 0.1) is 0 Å². The summed E-state index contributed by atoms with van der Waals surface area (Å²) >= 11 is 9.66. The van der Waals surface area contributed by atoms with Crippen LogP contribution in [0.4, 0.5) is 0 Å². The summed E-state index contributed by atoms with van der Waals surface area (Å²) in [4.78, 5) is 1.17. The average molecular weight is 280 g/mol. The average Bonchev–Trinajstić information content (AvgIpc) is 2.88. The fraction of sp³-hybridized carbons (Fsp3) is 0.0769. The Hall–Kier alpha value is -0.870. The van der Waals surface area contributed by atoms with Crippen LogP contribution in [0.25, 0.3) is 9.40 Å². The highest BCUT2D eigenvalue weighted by atomic mass is 35.5. The molecular weight excluding hydrogens is 270 g/mol. The quantitative estimate of drug-likeness (QED) is 0.725. The van der Waals surface area contributed by atoms with Gasteiger partial charge in [-0.1, -0.05) is 29.8 Å². The highest BCUT2D eigenvalue weighted by Crippen LogP contribution is 2.36. The molecule has 4 heteroatoms. The van der Waals surface area contributed by atoms with Gasteiger partial charge in [-0.25, -0.2) is 0 Å². The minimum atomic E-state index is -0.131. The molecule has 0 aliphatic heterocycles. The second kappa shape index (κ2) is 4.42. The summed E-state index contributed by atoms with van der Waals surface area (Å²) in [6, 6.07) is 11.9. The fourth-order valence-electron chi connectivity index (χ4n) is 1.82. The number of hydrogen-bond donors (Lipinski definition) is 1. The largest absolute Gasteiger partial charge is 0.320 e. The molecule has 0 saturated carbocycles. The molecular formula is C13H10ClNS2. The molecule has 1 atom stereocenters. The fourth-order valence-corrected chi connectivity index (χ4v) is 4.21. The predicted molar refractivity (Wildman–Crippen MR) is 77.2 cm³/mol. The zero-order valence-corrected chi connectivity index (χ0v) is 11.3. The second-order valence-electron chi connectivity index (χ2n) is 3.80. The van der Waals surface area contributed by atoms with Gasteiger partial charge in [-0.2, -0.15) is 0 Å². The number of halogens is 1. The molecule has 2 aromatic heterocycles. The van der Waals surface area contributed by atoms with E-state index in [0.717, 1.165) is 10.6 Å². The third-order valence-electron chi connectivity index (χ3n) is 2.71. The molecule has 3 aromatic rings. The van der Waals surface area contributed by atoms with Crippen molar-refractivity contribution in [3.05, 3.63) is 57.2 Å². The predicted octanol–water partition coefficient (Wildman–Crippen LogP) is 4.66. The Morgan fingerprint density at radius 1 is 1.12 bits per heavy atom. The number of hydrogen-bond acceptors (Lipinski definition) is 3. The van der Waals surface area contributed by atoms with Crippen molar-refractivity contribution in [2.45, 2.75) is 6.04 Å². The zero-order valence-electron chi connectivity index (χ0n) is 8.89. The Kier molecular flexibility index (Phi) is 2.92. The van der Waals surface area contributed by atoms with Gasteiger partial charge in [0.05, 0.1) is 6.04 Å². The Morgan fingerprint density at radius 3 is 2.71 bits per heavy atom. The van der Waals surface area contributed by atoms with Crippen LogP contribution in [0.5, 0.6) is 0 Å². The van der Waals surface area contributed by atoms with Crippen LogP contribution in [-0.2, 0) is 0 Å². The Morgan fingerprint density at radius 2 is 1.94 bits per heavy atom. The molecule has 0 spiro atoms. The van der Waals surface area contributed by atoms with E-state index in [1.54, 1.807) is 22.7 Å². The van der Waals surface area contributed by atoms with E-state index in [0.29, 0.717) is 0 Å². The van der Waals surface area contributed by atoms with Crippen molar-refractivity contribution < 1.29 is 0 Å². The highest BCUT2D eigenvalue weighted by Gasteiger charge is 2.15. The first-order valence-corrected chi connectivity index (χ1v) is 7.30. The standard InChI is InChI=1S/C13H10ClNS2/c14-9-4-2-1-3-8(9)13(15)12-7-11-10(17-12)5-6-16-11/h1-7,13H,15H2. The molecule has 0 aliphatic carbocycles. The zero-order chi connectivity index (χ0) is 11.8. The maximum absolute atomic E-state index is 6.27. The Bertz CT molecular complexity index is 628. The van der Waals surface area contributed by atoms with Crippen LogP contribution in [0.1, 0.15) is 16.5 Å². The molecule has 86 valence electrons. The lowest BCUT2D eigenvalue weighted by Gasteiger charge is -2.11. The summed E-state index contributed by atoms with van der Waals surface area (Å²) in [6.45, 7) is 0. The molecule has 0 aliphatic rings. The summed E-state index contributed by atoms with van der Waals surface area (Å²) in [5.74, 6) is 0. The minimum absolute atomic E-state index is 0.131. The first-order valence-electron chi connectivity index (χ1n) is 5.22. The van der Waals surface area contributed by atoms with Crippen LogP contribution < -0.4 is 5.73 Å². The molecule has 17 heavy (non-hydrogen) atoms. The van der Waals surface area contributed by atoms with E-state index >= 15 is 0 Å². The molecule has 1 nitrogen and oxygen atoms in total. The van der Waals surface area contributed by atoms with Gasteiger partial charge in [-0.15, -0.1) is 22.7 Å². The molecule has 1 unspecified atom stereocenters. The lowest BCUT2D eigenvalue weighted by atomic mass is 10.1. The number of thiophene rings is 2. The van der Waals surface area contributed by atoms with Gasteiger partial charge >= 0.3 is 0 Å². The van der Waals surface area contributed by atoms with Crippen LogP contribution in [0.2, 0.25) is 5.02 Å². The van der Waals surface area contributed by atoms with E-state index in [4.69, 9.17) is 17.3 Å². The van der Waals surface area contributed by atoms with Gasteiger partial charge in [0.15, 0.2) is 0 Å².